The molecule has 1 aromatic rings. The zero-order valence-corrected chi connectivity index (χ0v) is 19.3. The lowest BCUT2D eigenvalue weighted by atomic mass is 9.39. The molecule has 0 aromatic carbocycles. The summed E-state index contributed by atoms with van der Waals surface area (Å²) in [6.07, 6.45) is 1.19. The van der Waals surface area contributed by atoms with E-state index in [1.807, 2.05) is 20.8 Å². The zero-order valence-electron chi connectivity index (χ0n) is 19.3. The Morgan fingerprint density at radius 2 is 1.88 bits per heavy atom. The van der Waals surface area contributed by atoms with Crippen molar-refractivity contribution >= 4 is 17.7 Å². The molecule has 10 atom stereocenters. The molecule has 0 radical (unpaired) electrons. The molecule has 0 bridgehead atoms. The molecule has 34 heavy (non-hydrogen) atoms. The SMILES string of the molecule is CC1(C)O[C@@H]2CC(=O)OC[C@]23[C@H]2CC[C@@H]4[C@H](c5ccoc5)OC(=O)[C@H]5O[C@@]54[C@]2(C)[C@@H](O)C(=O)[C@@H]13. The smallest absolute Gasteiger partial charge is 0.339 e. The van der Waals surface area contributed by atoms with Gasteiger partial charge in [0.25, 0.3) is 0 Å². The number of cyclic esters (lactones) is 2. The highest BCUT2D eigenvalue weighted by molar-refractivity contribution is 5.91. The molecule has 2 aliphatic carbocycles. The highest BCUT2D eigenvalue weighted by Crippen LogP contribution is 2.76. The van der Waals surface area contributed by atoms with Gasteiger partial charge in [-0.25, -0.2) is 4.79 Å². The van der Waals surface area contributed by atoms with Gasteiger partial charge < -0.3 is 28.5 Å². The third-order valence-electron chi connectivity index (χ3n) is 10.1. The molecule has 2 saturated carbocycles. The van der Waals surface area contributed by atoms with Crippen LogP contribution in [0, 0.1) is 28.6 Å². The quantitative estimate of drug-likeness (QED) is 0.480. The van der Waals surface area contributed by atoms with E-state index in [0.29, 0.717) is 12.8 Å². The summed E-state index contributed by atoms with van der Waals surface area (Å²) in [5, 5.41) is 11.7. The maximum Gasteiger partial charge on any atom is 0.339 e. The predicted octanol–water partition coefficient (Wildman–Crippen LogP) is 1.72. The van der Waals surface area contributed by atoms with Gasteiger partial charge in [0.1, 0.15) is 24.4 Å². The minimum absolute atomic E-state index is 0.0599. The Morgan fingerprint density at radius 3 is 2.62 bits per heavy atom. The van der Waals surface area contributed by atoms with Crippen molar-refractivity contribution < 1.29 is 42.9 Å². The fourth-order valence-corrected chi connectivity index (χ4v) is 9.01. The van der Waals surface area contributed by atoms with Gasteiger partial charge in [0.15, 0.2) is 11.9 Å². The molecule has 6 aliphatic rings. The summed E-state index contributed by atoms with van der Waals surface area (Å²) < 4.78 is 29.3. The summed E-state index contributed by atoms with van der Waals surface area (Å²) >= 11 is 0. The van der Waals surface area contributed by atoms with E-state index in [2.05, 4.69) is 0 Å². The number of furan rings is 1. The van der Waals surface area contributed by atoms with E-state index in [4.69, 9.17) is 23.4 Å². The van der Waals surface area contributed by atoms with Crippen LogP contribution in [0.25, 0.3) is 0 Å². The van der Waals surface area contributed by atoms with E-state index in [9.17, 15) is 19.5 Å². The maximum absolute atomic E-state index is 14.0. The van der Waals surface area contributed by atoms with Crippen molar-refractivity contribution in [2.45, 2.75) is 75.7 Å². The Hall–Kier alpha value is -2.23. The van der Waals surface area contributed by atoms with Crippen LogP contribution in [0.5, 0.6) is 0 Å². The van der Waals surface area contributed by atoms with E-state index in [-0.39, 0.29) is 36.6 Å². The number of carbonyl (C=O) groups excluding carboxylic acids is 3. The van der Waals surface area contributed by atoms with E-state index >= 15 is 0 Å². The Bertz CT molecular complexity index is 1110. The first-order valence-electron chi connectivity index (χ1n) is 12.0. The summed E-state index contributed by atoms with van der Waals surface area (Å²) in [4.78, 5) is 39.3. The molecular formula is C25H28O9. The molecule has 6 fully saturated rings. The van der Waals surface area contributed by atoms with Gasteiger partial charge >= 0.3 is 11.9 Å². The summed E-state index contributed by atoms with van der Waals surface area (Å²) in [7, 11) is 0. The molecule has 2 spiro atoms. The van der Waals surface area contributed by atoms with Crippen molar-refractivity contribution in [3.8, 4) is 0 Å². The van der Waals surface area contributed by atoms with Crippen LogP contribution in [0.15, 0.2) is 23.0 Å². The molecule has 1 N–H and O–H groups in total. The van der Waals surface area contributed by atoms with Gasteiger partial charge in [0.2, 0.25) is 0 Å². The monoisotopic (exact) mass is 472 g/mol. The van der Waals surface area contributed by atoms with Crippen LogP contribution in [0.2, 0.25) is 0 Å². The average molecular weight is 472 g/mol. The van der Waals surface area contributed by atoms with Crippen molar-refractivity contribution in [1.29, 1.82) is 0 Å². The van der Waals surface area contributed by atoms with E-state index in [1.54, 1.807) is 12.3 Å². The largest absolute Gasteiger partial charge is 0.472 e. The molecule has 7 rings (SSSR count). The second-order valence-electron chi connectivity index (χ2n) is 11.6. The van der Waals surface area contributed by atoms with Crippen LogP contribution in [0.3, 0.4) is 0 Å². The first kappa shape index (κ1) is 21.1. The van der Waals surface area contributed by atoms with Crippen LogP contribution in [0.4, 0.5) is 0 Å². The van der Waals surface area contributed by atoms with Crippen molar-refractivity contribution in [2.24, 2.45) is 28.6 Å². The fourth-order valence-electron chi connectivity index (χ4n) is 9.01. The predicted molar refractivity (Wildman–Crippen MR) is 111 cm³/mol. The number of fused-ring (bicyclic) bond motifs is 1. The normalized spacial score (nSPS) is 52.4. The van der Waals surface area contributed by atoms with Crippen molar-refractivity contribution in [3.63, 3.8) is 0 Å². The van der Waals surface area contributed by atoms with Crippen LogP contribution < -0.4 is 0 Å². The molecular weight excluding hydrogens is 444 g/mol. The molecule has 0 amide bonds. The van der Waals surface area contributed by atoms with Gasteiger partial charge in [-0.05, 0) is 38.7 Å². The number of aliphatic hydroxyl groups is 1. The summed E-state index contributed by atoms with van der Waals surface area (Å²) in [5.41, 5.74) is -3.05. The molecule has 4 aliphatic heterocycles. The summed E-state index contributed by atoms with van der Waals surface area (Å²) in [6.45, 7) is 5.64. The zero-order chi connectivity index (χ0) is 23.8. The molecule has 0 unspecified atom stereocenters. The molecule has 9 heteroatoms. The lowest BCUT2D eigenvalue weighted by molar-refractivity contribution is -0.234. The summed E-state index contributed by atoms with van der Waals surface area (Å²) in [5.74, 6) is -2.29. The Morgan fingerprint density at radius 1 is 1.09 bits per heavy atom. The van der Waals surface area contributed by atoms with Crippen LogP contribution >= 0.6 is 0 Å². The maximum atomic E-state index is 14.0. The number of ketones is 1. The molecule has 4 saturated heterocycles. The fraction of sp³-hybridized carbons (Fsp3) is 0.720. The number of epoxide rings is 1. The topological polar surface area (TPSA) is 125 Å². The minimum atomic E-state index is -1.35. The first-order chi connectivity index (χ1) is 16.1. The standard InChI is InChI=1S/C25H28O9/c1-22(2)18-16(27)19(28)23(3)13(24(18)10-31-15(26)8-14(24)33-22)5-4-12-17(11-6-7-30-9-11)32-21(29)20-25(12,23)34-20/h6-7,9,12-14,17-20,28H,4-5,8,10H2,1-3H3/t12-,13+,14-,17+,18+,19+,20-,23+,24+,25-/m1/s1. The number of hydrogen-bond donors (Lipinski definition) is 1. The van der Waals surface area contributed by atoms with Crippen molar-refractivity contribution in [2.75, 3.05) is 6.61 Å². The van der Waals surface area contributed by atoms with Crippen LogP contribution in [-0.2, 0) is 33.3 Å². The lowest BCUT2D eigenvalue weighted by Crippen LogP contribution is -2.74. The van der Waals surface area contributed by atoms with Gasteiger partial charge in [0.05, 0.1) is 36.6 Å². The molecule has 182 valence electrons. The van der Waals surface area contributed by atoms with Gasteiger partial charge in [-0.1, -0.05) is 6.92 Å². The molecule has 9 nitrogen and oxygen atoms in total. The van der Waals surface area contributed by atoms with E-state index < -0.39 is 58.3 Å². The third kappa shape index (κ3) is 2.08. The minimum Gasteiger partial charge on any atom is -0.472 e. The third-order valence-corrected chi connectivity index (χ3v) is 10.1. The Labute approximate surface area is 196 Å². The second-order valence-corrected chi connectivity index (χ2v) is 11.6. The average Bonchev–Trinajstić information content (AvgIpc) is 3.21. The van der Waals surface area contributed by atoms with Crippen LogP contribution in [0.1, 0.15) is 51.7 Å². The Kier molecular flexibility index (Phi) is 3.79. The number of hydrogen-bond acceptors (Lipinski definition) is 9. The second kappa shape index (κ2) is 6.12. The number of ether oxygens (including phenoxy) is 4. The Balaban J connectivity index is 1.41. The first-order valence-corrected chi connectivity index (χ1v) is 12.0. The van der Waals surface area contributed by atoms with Gasteiger partial charge in [-0.2, -0.15) is 0 Å². The van der Waals surface area contributed by atoms with Crippen molar-refractivity contribution in [1.82, 2.24) is 0 Å². The highest BCUT2D eigenvalue weighted by Gasteiger charge is 2.87. The molecule has 5 heterocycles. The molecule has 1 aromatic heterocycles. The van der Waals surface area contributed by atoms with E-state index in [0.717, 1.165) is 5.56 Å². The lowest BCUT2D eigenvalue weighted by Gasteiger charge is -2.64. The van der Waals surface area contributed by atoms with Gasteiger partial charge in [-0.3, -0.25) is 9.59 Å². The van der Waals surface area contributed by atoms with Crippen LogP contribution in [-0.4, -0.2) is 58.9 Å². The summed E-state index contributed by atoms with van der Waals surface area (Å²) in [6, 6.07) is 1.77. The number of carbonyl (C=O) groups is 3. The number of aliphatic hydroxyl groups excluding tert-OH is 1. The van der Waals surface area contributed by atoms with E-state index in [1.165, 1.54) is 6.26 Å². The number of rotatable bonds is 1. The van der Waals surface area contributed by atoms with Gasteiger partial charge in [-0.15, -0.1) is 0 Å². The number of Topliss-reactive ketones (excluding diaryl/α,β-unsaturated/α-hetero) is 1. The highest BCUT2D eigenvalue weighted by atomic mass is 16.7. The van der Waals surface area contributed by atoms with Gasteiger partial charge in [0, 0.05) is 22.3 Å². The number of esters is 2. The van der Waals surface area contributed by atoms with Crippen molar-refractivity contribution in [3.05, 3.63) is 24.2 Å².